The monoisotopic (exact) mass is 292 g/mol. The molecule has 94 valence electrons. The van der Waals surface area contributed by atoms with E-state index in [2.05, 4.69) is 21.2 Å². The molecule has 1 heterocycles. The summed E-state index contributed by atoms with van der Waals surface area (Å²) < 4.78 is 5.05. The number of quaternary nitrogens is 1. The highest BCUT2D eigenvalue weighted by Crippen LogP contribution is 2.30. The van der Waals surface area contributed by atoms with Crippen LogP contribution in [-0.2, 0) is 9.53 Å². The number of halogens is 1. The Balaban J connectivity index is 2.59. The highest BCUT2D eigenvalue weighted by Gasteiger charge is 2.38. The number of nitrogens with two attached hydrogens (primary N) is 1. The first-order valence-electron chi connectivity index (χ1n) is 5.97. The van der Waals surface area contributed by atoms with Gasteiger partial charge in [-0.2, -0.15) is 0 Å². The van der Waals surface area contributed by atoms with Crippen LogP contribution >= 0.6 is 15.9 Å². The zero-order chi connectivity index (χ0) is 12.4. The lowest BCUT2D eigenvalue weighted by Gasteiger charge is -2.36. The normalized spacial score (nSPS) is 19.6. The Bertz CT molecular complexity index is 252. The maximum Gasteiger partial charge on any atom is 0.322 e. The number of hydrogen-bond acceptors (Lipinski definition) is 2. The molecule has 0 aromatic rings. The van der Waals surface area contributed by atoms with Gasteiger partial charge in [0.05, 0.1) is 13.1 Å². The number of ether oxygens (including phenoxy) is 1. The summed E-state index contributed by atoms with van der Waals surface area (Å²) in [4.78, 5) is 11.8. The van der Waals surface area contributed by atoms with Gasteiger partial charge >= 0.3 is 5.97 Å². The summed E-state index contributed by atoms with van der Waals surface area (Å²) in [5.74, 6) is 0.309. The fourth-order valence-electron chi connectivity index (χ4n) is 2.07. The lowest BCUT2D eigenvalue weighted by atomic mass is 9.83. The number of alkyl halides is 1. The summed E-state index contributed by atoms with van der Waals surface area (Å²) in [6, 6.07) is 0. The van der Waals surface area contributed by atoms with Crippen molar-refractivity contribution in [3.8, 4) is 0 Å². The maximum atomic E-state index is 11.8. The van der Waals surface area contributed by atoms with Crippen LogP contribution in [0.3, 0.4) is 0 Å². The molecule has 1 fully saturated rings. The molecular formula is C12H23BrNO2+. The molecule has 0 aromatic carbocycles. The van der Waals surface area contributed by atoms with Crippen LogP contribution in [0.15, 0.2) is 0 Å². The first kappa shape index (κ1) is 14.0. The highest BCUT2D eigenvalue weighted by molar-refractivity contribution is 9.10. The van der Waals surface area contributed by atoms with Gasteiger partial charge in [-0.05, 0) is 27.7 Å². The van der Waals surface area contributed by atoms with Crippen molar-refractivity contribution in [2.45, 2.75) is 50.5 Å². The van der Waals surface area contributed by atoms with Crippen LogP contribution in [0.1, 0.15) is 40.5 Å². The molecule has 3 nitrogen and oxygen atoms in total. The second kappa shape index (κ2) is 5.05. The second-order valence-corrected chi connectivity index (χ2v) is 7.59. The third kappa shape index (κ3) is 3.74. The third-order valence-corrected chi connectivity index (χ3v) is 3.59. The largest absolute Gasteiger partial charge is 0.458 e. The average Bonchev–Trinajstić information content (AvgIpc) is 2.17. The molecule has 0 radical (unpaired) electrons. The van der Waals surface area contributed by atoms with Gasteiger partial charge in [0.2, 0.25) is 0 Å². The Hall–Kier alpha value is -0.0900. The molecule has 0 aromatic heterocycles. The van der Waals surface area contributed by atoms with E-state index in [1.54, 1.807) is 0 Å². The van der Waals surface area contributed by atoms with E-state index in [9.17, 15) is 4.79 Å². The molecule has 0 saturated carbocycles. The minimum Gasteiger partial charge on any atom is -0.458 e. The van der Waals surface area contributed by atoms with E-state index in [0.717, 1.165) is 25.9 Å². The molecule has 0 spiro atoms. The maximum absolute atomic E-state index is 11.8. The molecular weight excluding hydrogens is 270 g/mol. The molecule has 0 atom stereocenters. The summed E-state index contributed by atoms with van der Waals surface area (Å²) >= 11 is 3.34. The lowest BCUT2D eigenvalue weighted by molar-refractivity contribution is -0.665. The molecule has 2 N–H and O–H groups in total. The van der Waals surface area contributed by atoms with Gasteiger partial charge in [0.1, 0.15) is 9.93 Å². The Kier molecular flexibility index (Phi) is 4.41. The van der Waals surface area contributed by atoms with Crippen LogP contribution in [0.2, 0.25) is 0 Å². The zero-order valence-corrected chi connectivity index (χ0v) is 12.3. The van der Waals surface area contributed by atoms with Crippen LogP contribution < -0.4 is 5.32 Å². The number of esters is 1. The van der Waals surface area contributed by atoms with Gasteiger partial charge in [0, 0.05) is 18.8 Å². The number of carbonyl (C=O) groups excluding carboxylic acids is 1. The van der Waals surface area contributed by atoms with Gasteiger partial charge in [0.25, 0.3) is 0 Å². The van der Waals surface area contributed by atoms with Gasteiger partial charge in [-0.15, -0.1) is 0 Å². The zero-order valence-electron chi connectivity index (χ0n) is 10.7. The molecule has 1 aliphatic rings. The van der Waals surface area contributed by atoms with Crippen molar-refractivity contribution in [2.24, 2.45) is 5.92 Å². The van der Waals surface area contributed by atoms with Gasteiger partial charge in [0.15, 0.2) is 0 Å². The van der Waals surface area contributed by atoms with Crippen molar-refractivity contribution in [2.75, 3.05) is 13.1 Å². The van der Waals surface area contributed by atoms with E-state index >= 15 is 0 Å². The average molecular weight is 293 g/mol. The first-order valence-corrected chi connectivity index (χ1v) is 6.77. The van der Waals surface area contributed by atoms with E-state index in [4.69, 9.17) is 4.74 Å². The summed E-state index contributed by atoms with van der Waals surface area (Å²) in [5.41, 5.74) is -0.351. The molecule has 1 saturated heterocycles. The topological polar surface area (TPSA) is 42.9 Å². The summed E-state index contributed by atoms with van der Waals surface area (Å²) in [6.45, 7) is 9.98. The number of piperidine rings is 1. The third-order valence-electron chi connectivity index (χ3n) is 3.26. The summed E-state index contributed by atoms with van der Waals surface area (Å²) in [7, 11) is 0. The van der Waals surface area contributed by atoms with Crippen molar-refractivity contribution >= 4 is 21.9 Å². The van der Waals surface area contributed by atoms with E-state index in [1.165, 1.54) is 0 Å². The van der Waals surface area contributed by atoms with E-state index < -0.39 is 4.32 Å². The van der Waals surface area contributed by atoms with E-state index in [-0.39, 0.29) is 11.6 Å². The smallest absolute Gasteiger partial charge is 0.322 e. The van der Waals surface area contributed by atoms with Crippen molar-refractivity contribution < 1.29 is 14.8 Å². The second-order valence-electron chi connectivity index (χ2n) is 5.61. The van der Waals surface area contributed by atoms with Crippen LogP contribution in [0.25, 0.3) is 0 Å². The molecule has 16 heavy (non-hydrogen) atoms. The molecule has 0 unspecified atom stereocenters. The van der Waals surface area contributed by atoms with Crippen LogP contribution in [0.5, 0.6) is 0 Å². The van der Waals surface area contributed by atoms with Gasteiger partial charge in [-0.1, -0.05) is 15.9 Å². The summed E-state index contributed by atoms with van der Waals surface area (Å²) in [5, 5.41) is 2.32. The number of carbonyl (C=O) groups is 1. The van der Waals surface area contributed by atoms with Gasteiger partial charge < -0.3 is 10.1 Å². The van der Waals surface area contributed by atoms with E-state index in [0.29, 0.717) is 5.92 Å². The van der Waals surface area contributed by atoms with Crippen molar-refractivity contribution in [3.05, 3.63) is 0 Å². The van der Waals surface area contributed by atoms with Crippen molar-refractivity contribution in [1.29, 1.82) is 0 Å². The molecule has 1 aliphatic heterocycles. The Morgan fingerprint density at radius 1 is 1.25 bits per heavy atom. The van der Waals surface area contributed by atoms with E-state index in [1.807, 2.05) is 27.7 Å². The lowest BCUT2D eigenvalue weighted by Crippen LogP contribution is -2.86. The SMILES string of the molecule is CC(C)(Br)C(=O)OC(C)(C)C1CC[NH2+]CC1. The number of hydrogen-bond donors (Lipinski definition) is 1. The minimum absolute atomic E-state index is 0.174. The highest BCUT2D eigenvalue weighted by atomic mass is 79.9. The van der Waals surface area contributed by atoms with Crippen molar-refractivity contribution in [1.82, 2.24) is 0 Å². The number of rotatable bonds is 3. The Labute approximate surface area is 106 Å². The minimum atomic E-state index is -0.592. The molecule has 0 amide bonds. The Morgan fingerprint density at radius 2 is 1.75 bits per heavy atom. The predicted molar refractivity (Wildman–Crippen MR) is 67.6 cm³/mol. The predicted octanol–water partition coefficient (Wildman–Crippen LogP) is 1.46. The molecule has 0 bridgehead atoms. The first-order chi connectivity index (χ1) is 7.23. The summed E-state index contributed by atoms with van der Waals surface area (Å²) in [6.07, 6.45) is 2.26. The van der Waals surface area contributed by atoms with Crippen LogP contribution in [-0.4, -0.2) is 29.0 Å². The molecule has 1 rings (SSSR count). The van der Waals surface area contributed by atoms with Crippen molar-refractivity contribution in [3.63, 3.8) is 0 Å². The molecule has 0 aliphatic carbocycles. The quantitative estimate of drug-likeness (QED) is 0.632. The van der Waals surface area contributed by atoms with Gasteiger partial charge in [-0.3, -0.25) is 4.79 Å². The van der Waals surface area contributed by atoms with Gasteiger partial charge in [-0.25, -0.2) is 0 Å². The van der Waals surface area contributed by atoms with Crippen LogP contribution in [0.4, 0.5) is 0 Å². The fraction of sp³-hybridized carbons (Fsp3) is 0.917. The Morgan fingerprint density at radius 3 is 2.19 bits per heavy atom. The fourth-order valence-corrected chi connectivity index (χ4v) is 2.15. The van der Waals surface area contributed by atoms with Crippen LogP contribution in [0, 0.1) is 5.92 Å². The standard InChI is InChI=1S/C12H22BrNO2/c1-11(2,13)10(15)16-12(3,4)9-5-7-14-8-6-9/h9,14H,5-8H2,1-4H3/p+1. The molecule has 4 heteroatoms.